The lowest BCUT2D eigenvalue weighted by molar-refractivity contribution is -0.131. The van der Waals surface area contributed by atoms with Crippen LogP contribution < -0.4 is 11.1 Å². The van der Waals surface area contributed by atoms with Gasteiger partial charge in [0, 0.05) is 30.4 Å². The molecule has 1 amide bonds. The van der Waals surface area contributed by atoms with Crippen molar-refractivity contribution < 1.29 is 4.79 Å². The smallest absolute Gasteiger partial charge is 0.244 e. The Kier molecular flexibility index (Phi) is 4.62. The number of nitrogen functional groups attached to an aromatic ring is 1. The number of benzene rings is 1. The van der Waals surface area contributed by atoms with E-state index in [2.05, 4.69) is 10.3 Å². The maximum atomic E-state index is 12.3. The fraction of sp³-hybridized carbons (Fsp3) is 0.375. The van der Waals surface area contributed by atoms with Gasteiger partial charge in [-0.25, -0.2) is 0 Å². The van der Waals surface area contributed by atoms with E-state index < -0.39 is 0 Å². The summed E-state index contributed by atoms with van der Waals surface area (Å²) in [5.74, 6) is 0.0842. The number of anilines is 2. The van der Waals surface area contributed by atoms with E-state index in [1.807, 2.05) is 49.9 Å². The van der Waals surface area contributed by atoms with E-state index in [1.165, 1.54) is 0 Å². The average Bonchev–Trinajstić information content (AvgIpc) is 2.51. The third kappa shape index (κ3) is 3.07. The molecule has 0 saturated heterocycles. The normalized spacial score (nSPS) is 12.1. The Labute approximate surface area is 125 Å². The number of likely N-dealkylation sites (N-methyl/N-ethyl adjacent to an activating group) is 1. The number of amides is 1. The molecular weight excluding hydrogens is 264 g/mol. The molecule has 0 bridgehead atoms. The minimum atomic E-state index is -0.307. The molecule has 1 aromatic carbocycles. The van der Waals surface area contributed by atoms with Crippen molar-refractivity contribution in [1.29, 1.82) is 0 Å². The predicted octanol–water partition coefficient (Wildman–Crippen LogP) is 2.49. The highest BCUT2D eigenvalue weighted by molar-refractivity contribution is 5.99. The summed E-state index contributed by atoms with van der Waals surface area (Å²) in [5, 5.41) is 4.15. The van der Waals surface area contributed by atoms with E-state index in [1.54, 1.807) is 6.20 Å². The predicted molar refractivity (Wildman–Crippen MR) is 87.2 cm³/mol. The Bertz CT molecular complexity index is 637. The number of fused-ring (bicyclic) bond motifs is 1. The number of carbonyl (C=O) groups excluding carboxylic acids is 1. The molecule has 0 aliphatic heterocycles. The largest absolute Gasteiger partial charge is 0.398 e. The molecule has 0 fully saturated rings. The summed E-state index contributed by atoms with van der Waals surface area (Å²) < 4.78 is 0. The van der Waals surface area contributed by atoms with Crippen LogP contribution in [0, 0.1) is 0 Å². The molecule has 1 atom stereocenters. The number of hydrogen-bond donors (Lipinski definition) is 2. The second-order valence-corrected chi connectivity index (χ2v) is 4.98. The fourth-order valence-corrected chi connectivity index (χ4v) is 2.42. The lowest BCUT2D eigenvalue weighted by atomic mass is 10.1. The molecule has 1 unspecified atom stereocenters. The van der Waals surface area contributed by atoms with Gasteiger partial charge < -0.3 is 16.0 Å². The Hall–Kier alpha value is -2.30. The number of rotatable bonds is 5. The van der Waals surface area contributed by atoms with E-state index >= 15 is 0 Å². The van der Waals surface area contributed by atoms with Crippen molar-refractivity contribution >= 4 is 28.2 Å². The summed E-state index contributed by atoms with van der Waals surface area (Å²) in [7, 11) is 0. The second-order valence-electron chi connectivity index (χ2n) is 4.98. The van der Waals surface area contributed by atoms with Gasteiger partial charge in [-0.3, -0.25) is 9.78 Å². The molecule has 0 aliphatic carbocycles. The molecule has 3 N–H and O–H groups in total. The lowest BCUT2D eigenvalue weighted by Crippen LogP contribution is -2.41. The third-order valence-electron chi connectivity index (χ3n) is 3.62. The van der Waals surface area contributed by atoms with E-state index in [4.69, 9.17) is 5.73 Å². The third-order valence-corrected chi connectivity index (χ3v) is 3.62. The topological polar surface area (TPSA) is 71.2 Å². The van der Waals surface area contributed by atoms with Crippen LogP contribution in [0.2, 0.25) is 0 Å². The van der Waals surface area contributed by atoms with Crippen LogP contribution in [-0.2, 0) is 4.79 Å². The van der Waals surface area contributed by atoms with E-state index in [0.29, 0.717) is 18.8 Å². The van der Waals surface area contributed by atoms with Crippen molar-refractivity contribution in [2.45, 2.75) is 26.8 Å². The van der Waals surface area contributed by atoms with Gasteiger partial charge in [0.2, 0.25) is 5.91 Å². The first-order chi connectivity index (χ1) is 10.1. The molecule has 5 nitrogen and oxygen atoms in total. The summed E-state index contributed by atoms with van der Waals surface area (Å²) >= 11 is 0. The van der Waals surface area contributed by atoms with Crippen molar-refractivity contribution in [2.75, 3.05) is 24.1 Å². The summed E-state index contributed by atoms with van der Waals surface area (Å²) in [6.07, 6.45) is 1.73. The zero-order valence-electron chi connectivity index (χ0n) is 12.8. The maximum absolute atomic E-state index is 12.3. The molecule has 2 aromatic rings. The number of nitrogens with zero attached hydrogens (tertiary/aromatic N) is 2. The molecule has 112 valence electrons. The lowest BCUT2D eigenvalue weighted by Gasteiger charge is -2.24. The number of hydrogen-bond acceptors (Lipinski definition) is 4. The summed E-state index contributed by atoms with van der Waals surface area (Å²) in [4.78, 5) is 18.5. The Balaban J connectivity index is 2.28. The highest BCUT2D eigenvalue weighted by Gasteiger charge is 2.19. The molecule has 0 radical (unpaired) electrons. The fourth-order valence-electron chi connectivity index (χ4n) is 2.42. The van der Waals surface area contributed by atoms with Crippen LogP contribution in [0.3, 0.4) is 0 Å². The number of nitrogens with two attached hydrogens (primary N) is 1. The summed E-state index contributed by atoms with van der Waals surface area (Å²) in [6, 6.07) is 7.18. The molecule has 1 heterocycles. The molecular formula is C16H22N4O. The minimum Gasteiger partial charge on any atom is -0.398 e. The summed E-state index contributed by atoms with van der Waals surface area (Å²) in [6.45, 7) is 7.25. The highest BCUT2D eigenvalue weighted by Crippen LogP contribution is 2.26. The summed E-state index contributed by atoms with van der Waals surface area (Å²) in [5.41, 5.74) is 8.27. The van der Waals surface area contributed by atoms with Crippen LogP contribution in [0.15, 0.2) is 30.5 Å². The van der Waals surface area contributed by atoms with Crippen molar-refractivity contribution in [3.05, 3.63) is 30.5 Å². The van der Waals surface area contributed by atoms with Gasteiger partial charge in [-0.05, 0) is 45.0 Å². The van der Waals surface area contributed by atoms with Gasteiger partial charge >= 0.3 is 0 Å². The molecule has 2 rings (SSSR count). The van der Waals surface area contributed by atoms with Gasteiger partial charge in [-0.2, -0.15) is 0 Å². The van der Waals surface area contributed by atoms with Crippen LogP contribution in [0.4, 0.5) is 11.4 Å². The molecule has 0 spiro atoms. The van der Waals surface area contributed by atoms with Crippen LogP contribution >= 0.6 is 0 Å². The SMILES string of the molecule is CCN(CC)C(=O)C(C)Nc1ccc(N)c2cccnc12. The monoisotopic (exact) mass is 286 g/mol. The van der Waals surface area contributed by atoms with Gasteiger partial charge in [0.05, 0.1) is 11.2 Å². The zero-order valence-corrected chi connectivity index (χ0v) is 12.8. The van der Waals surface area contributed by atoms with Crippen LogP contribution in [0.25, 0.3) is 10.9 Å². The van der Waals surface area contributed by atoms with Gasteiger partial charge in [-0.1, -0.05) is 0 Å². The number of pyridine rings is 1. The standard InChI is InChI=1S/C16H22N4O/c1-4-20(5-2)16(21)11(3)19-14-9-8-13(17)12-7-6-10-18-15(12)14/h6-11,19H,4-5,17H2,1-3H3. The first kappa shape index (κ1) is 15.1. The van der Waals surface area contributed by atoms with Gasteiger partial charge in [0.25, 0.3) is 0 Å². The first-order valence-electron chi connectivity index (χ1n) is 7.27. The van der Waals surface area contributed by atoms with Crippen molar-refractivity contribution in [3.63, 3.8) is 0 Å². The Morgan fingerprint density at radius 1 is 1.33 bits per heavy atom. The zero-order chi connectivity index (χ0) is 15.4. The van der Waals surface area contributed by atoms with Crippen LogP contribution in [0.5, 0.6) is 0 Å². The van der Waals surface area contributed by atoms with Gasteiger partial charge in [0.1, 0.15) is 6.04 Å². The average molecular weight is 286 g/mol. The highest BCUT2D eigenvalue weighted by atomic mass is 16.2. The van der Waals surface area contributed by atoms with Crippen molar-refractivity contribution in [2.24, 2.45) is 0 Å². The van der Waals surface area contributed by atoms with Crippen molar-refractivity contribution in [3.8, 4) is 0 Å². The van der Waals surface area contributed by atoms with Crippen molar-refractivity contribution in [1.82, 2.24) is 9.88 Å². The molecule has 21 heavy (non-hydrogen) atoms. The van der Waals surface area contributed by atoms with Gasteiger partial charge in [0.15, 0.2) is 0 Å². The Morgan fingerprint density at radius 2 is 2.05 bits per heavy atom. The van der Waals surface area contributed by atoms with Gasteiger partial charge in [-0.15, -0.1) is 0 Å². The second kappa shape index (κ2) is 6.43. The number of nitrogens with one attached hydrogen (secondary N) is 1. The number of carbonyl (C=O) groups is 1. The number of aromatic nitrogens is 1. The molecule has 5 heteroatoms. The quantitative estimate of drug-likeness (QED) is 0.828. The van der Waals surface area contributed by atoms with Crippen LogP contribution in [-0.4, -0.2) is 34.9 Å². The molecule has 0 aliphatic rings. The minimum absolute atomic E-state index is 0.0842. The Morgan fingerprint density at radius 3 is 2.71 bits per heavy atom. The van der Waals surface area contributed by atoms with E-state index in [-0.39, 0.29) is 11.9 Å². The first-order valence-corrected chi connectivity index (χ1v) is 7.27. The maximum Gasteiger partial charge on any atom is 0.244 e. The van der Waals surface area contributed by atoms with E-state index in [9.17, 15) is 4.79 Å². The molecule has 1 aromatic heterocycles. The van der Waals surface area contributed by atoms with Crippen LogP contribution in [0.1, 0.15) is 20.8 Å². The van der Waals surface area contributed by atoms with E-state index in [0.717, 1.165) is 16.6 Å². The molecule has 0 saturated carbocycles.